The predicted octanol–water partition coefficient (Wildman–Crippen LogP) is 3.49. The van der Waals surface area contributed by atoms with E-state index in [0.29, 0.717) is 5.92 Å². The van der Waals surface area contributed by atoms with E-state index < -0.39 is 0 Å². The van der Waals surface area contributed by atoms with E-state index >= 15 is 0 Å². The summed E-state index contributed by atoms with van der Waals surface area (Å²) in [4.78, 5) is 0. The summed E-state index contributed by atoms with van der Waals surface area (Å²) < 4.78 is 0. The third kappa shape index (κ3) is 2.55. The molecule has 0 aliphatic carbocycles. The van der Waals surface area contributed by atoms with Crippen LogP contribution in [-0.2, 0) is 0 Å². The minimum atomic E-state index is 0.667. The zero-order chi connectivity index (χ0) is 8.31. The van der Waals surface area contributed by atoms with Crippen molar-refractivity contribution in [1.82, 2.24) is 0 Å². The maximum Gasteiger partial charge on any atom is -0.0209 e. The van der Waals surface area contributed by atoms with Crippen molar-refractivity contribution in [3.63, 3.8) is 0 Å². The van der Waals surface area contributed by atoms with Crippen molar-refractivity contribution < 1.29 is 0 Å². The van der Waals surface area contributed by atoms with Gasteiger partial charge in [-0.2, -0.15) is 0 Å². The van der Waals surface area contributed by atoms with E-state index in [-0.39, 0.29) is 0 Å². The lowest BCUT2D eigenvalue weighted by atomic mass is 9.83. The topological polar surface area (TPSA) is 0 Å². The number of allylic oxidation sites excluding steroid dienone is 1. The molecule has 0 aliphatic rings. The van der Waals surface area contributed by atoms with Gasteiger partial charge in [-0.3, -0.25) is 0 Å². The highest BCUT2D eigenvalue weighted by atomic mass is 14.2. The molecule has 0 amide bonds. The molecule has 10 heavy (non-hydrogen) atoms. The molecule has 0 aromatic rings. The summed E-state index contributed by atoms with van der Waals surface area (Å²) in [7, 11) is 0. The molecule has 0 nitrogen and oxygen atoms in total. The van der Waals surface area contributed by atoms with Gasteiger partial charge in [-0.25, -0.2) is 0 Å². The summed E-state index contributed by atoms with van der Waals surface area (Å²) in [6.07, 6.45) is 0. The fourth-order valence-electron chi connectivity index (χ4n) is 1.03. The summed E-state index contributed by atoms with van der Waals surface area (Å²) in [5, 5.41) is 0. The van der Waals surface area contributed by atoms with E-state index in [1.54, 1.807) is 0 Å². The van der Waals surface area contributed by atoms with Crippen LogP contribution in [0, 0.1) is 17.8 Å². The van der Waals surface area contributed by atoms with E-state index in [2.05, 4.69) is 41.2 Å². The Bertz CT molecular complexity index is 111. The summed E-state index contributed by atoms with van der Waals surface area (Å²) in [6.45, 7) is 15.2. The van der Waals surface area contributed by atoms with Gasteiger partial charge in [-0.15, -0.1) is 0 Å². The SMILES string of the molecule is C=C(C)C(C)C(C)C(C)C. The van der Waals surface area contributed by atoms with Crippen LogP contribution in [0.2, 0.25) is 0 Å². The zero-order valence-electron chi connectivity index (χ0n) is 7.94. The van der Waals surface area contributed by atoms with E-state index in [1.165, 1.54) is 5.57 Å². The molecule has 0 rings (SSSR count). The molecule has 0 aliphatic heterocycles. The minimum absolute atomic E-state index is 0.667. The summed E-state index contributed by atoms with van der Waals surface area (Å²) >= 11 is 0. The van der Waals surface area contributed by atoms with E-state index in [1.807, 2.05) is 0 Å². The van der Waals surface area contributed by atoms with E-state index in [4.69, 9.17) is 0 Å². The van der Waals surface area contributed by atoms with Crippen LogP contribution in [-0.4, -0.2) is 0 Å². The molecule has 0 fully saturated rings. The Morgan fingerprint density at radius 3 is 1.60 bits per heavy atom. The first-order valence-electron chi connectivity index (χ1n) is 4.12. The van der Waals surface area contributed by atoms with E-state index in [0.717, 1.165) is 11.8 Å². The van der Waals surface area contributed by atoms with Gasteiger partial charge in [0.25, 0.3) is 0 Å². The Kier molecular flexibility index (Phi) is 3.70. The van der Waals surface area contributed by atoms with Gasteiger partial charge in [0, 0.05) is 0 Å². The smallest absolute Gasteiger partial charge is 0.0209 e. The summed E-state index contributed by atoms with van der Waals surface area (Å²) in [6, 6.07) is 0. The minimum Gasteiger partial charge on any atom is -0.0999 e. The molecular weight excluding hydrogens is 120 g/mol. The van der Waals surface area contributed by atoms with Crippen molar-refractivity contribution in [2.75, 3.05) is 0 Å². The Hall–Kier alpha value is -0.260. The van der Waals surface area contributed by atoms with Crippen LogP contribution in [0.15, 0.2) is 12.2 Å². The molecular formula is C10H20. The molecule has 2 unspecified atom stereocenters. The third-order valence-electron chi connectivity index (χ3n) is 2.62. The standard InChI is InChI=1S/C10H20/c1-7(2)9(5)10(6)8(3)4/h8-10H,1H2,2-6H3. The quantitative estimate of drug-likeness (QED) is 0.526. The van der Waals surface area contributed by atoms with Crippen LogP contribution in [0.5, 0.6) is 0 Å². The Morgan fingerprint density at radius 1 is 1.10 bits per heavy atom. The Morgan fingerprint density at radius 2 is 1.50 bits per heavy atom. The van der Waals surface area contributed by atoms with Crippen molar-refractivity contribution in [3.05, 3.63) is 12.2 Å². The molecule has 0 heteroatoms. The van der Waals surface area contributed by atoms with Crippen molar-refractivity contribution in [2.24, 2.45) is 17.8 Å². The number of rotatable bonds is 3. The molecule has 0 bridgehead atoms. The molecule has 2 atom stereocenters. The molecule has 0 saturated carbocycles. The Labute approximate surface area is 65.3 Å². The lowest BCUT2D eigenvalue weighted by Crippen LogP contribution is -2.14. The van der Waals surface area contributed by atoms with Crippen LogP contribution in [0.25, 0.3) is 0 Å². The van der Waals surface area contributed by atoms with Crippen LogP contribution in [0.1, 0.15) is 34.6 Å². The molecule has 0 radical (unpaired) electrons. The second-order valence-electron chi connectivity index (χ2n) is 3.74. The van der Waals surface area contributed by atoms with Crippen molar-refractivity contribution in [1.29, 1.82) is 0 Å². The number of hydrogen-bond donors (Lipinski definition) is 0. The monoisotopic (exact) mass is 140 g/mol. The van der Waals surface area contributed by atoms with Crippen LogP contribution in [0.3, 0.4) is 0 Å². The fourth-order valence-corrected chi connectivity index (χ4v) is 1.03. The number of hydrogen-bond acceptors (Lipinski definition) is 0. The second-order valence-corrected chi connectivity index (χ2v) is 3.74. The molecule has 0 aromatic heterocycles. The largest absolute Gasteiger partial charge is 0.0999 e. The first-order valence-corrected chi connectivity index (χ1v) is 4.12. The van der Waals surface area contributed by atoms with Crippen molar-refractivity contribution >= 4 is 0 Å². The lowest BCUT2D eigenvalue weighted by Gasteiger charge is -2.23. The maximum absolute atomic E-state index is 3.96. The first-order chi connectivity index (χ1) is 4.46. The van der Waals surface area contributed by atoms with Crippen LogP contribution >= 0.6 is 0 Å². The lowest BCUT2D eigenvalue weighted by molar-refractivity contribution is 0.331. The van der Waals surface area contributed by atoms with Crippen molar-refractivity contribution in [3.8, 4) is 0 Å². The second kappa shape index (κ2) is 3.80. The molecule has 0 aromatic carbocycles. The fraction of sp³-hybridized carbons (Fsp3) is 0.800. The molecule has 0 heterocycles. The van der Waals surface area contributed by atoms with Gasteiger partial charge in [0.2, 0.25) is 0 Å². The Balaban J connectivity index is 3.94. The highest BCUT2D eigenvalue weighted by Gasteiger charge is 2.15. The average molecular weight is 140 g/mol. The van der Waals surface area contributed by atoms with Gasteiger partial charge in [-0.05, 0) is 24.7 Å². The normalized spacial score (nSPS) is 17.0. The molecule has 0 N–H and O–H groups in total. The summed E-state index contributed by atoms with van der Waals surface area (Å²) in [5.74, 6) is 2.20. The van der Waals surface area contributed by atoms with Crippen LogP contribution in [0.4, 0.5) is 0 Å². The average Bonchev–Trinajstić information content (AvgIpc) is 1.84. The predicted molar refractivity (Wildman–Crippen MR) is 48.0 cm³/mol. The van der Waals surface area contributed by atoms with Gasteiger partial charge in [0.15, 0.2) is 0 Å². The molecule has 0 spiro atoms. The molecule has 60 valence electrons. The van der Waals surface area contributed by atoms with E-state index in [9.17, 15) is 0 Å². The van der Waals surface area contributed by atoms with Gasteiger partial charge < -0.3 is 0 Å². The summed E-state index contributed by atoms with van der Waals surface area (Å²) in [5.41, 5.74) is 1.31. The highest BCUT2D eigenvalue weighted by Crippen LogP contribution is 2.24. The highest BCUT2D eigenvalue weighted by molar-refractivity contribution is 4.96. The third-order valence-corrected chi connectivity index (χ3v) is 2.62. The van der Waals surface area contributed by atoms with Gasteiger partial charge in [-0.1, -0.05) is 39.8 Å². The first kappa shape index (κ1) is 9.74. The maximum atomic E-state index is 3.96. The zero-order valence-corrected chi connectivity index (χ0v) is 7.94. The van der Waals surface area contributed by atoms with Gasteiger partial charge >= 0.3 is 0 Å². The molecule has 0 saturated heterocycles. The van der Waals surface area contributed by atoms with Gasteiger partial charge in [0.1, 0.15) is 0 Å². The van der Waals surface area contributed by atoms with Crippen LogP contribution < -0.4 is 0 Å². The van der Waals surface area contributed by atoms with Crippen molar-refractivity contribution in [2.45, 2.75) is 34.6 Å². The van der Waals surface area contributed by atoms with Gasteiger partial charge in [0.05, 0.1) is 0 Å².